The van der Waals surface area contributed by atoms with Crippen molar-refractivity contribution in [3.63, 3.8) is 0 Å². The molecule has 1 unspecified atom stereocenters. The molecule has 22 heteroatoms. The number of hydrogen-bond acceptors (Lipinski definition) is 15. The average molecular weight is 810 g/mol. The van der Waals surface area contributed by atoms with E-state index in [4.69, 9.17) is 19.0 Å². The van der Waals surface area contributed by atoms with Crippen LogP contribution in [0.5, 0.6) is 0 Å². The number of carbonyl (C=O) groups excluding carboxylic acids is 5. The predicted octanol–water partition coefficient (Wildman–Crippen LogP) is 0.678. The number of ether oxygens (including phenoxy) is 3. The summed E-state index contributed by atoms with van der Waals surface area (Å²) in [4.78, 5) is 97.9. The molecule has 6 heterocycles. The first-order valence-corrected chi connectivity index (χ1v) is 19.3. The minimum absolute atomic E-state index is 0.000749. The lowest BCUT2D eigenvalue weighted by Gasteiger charge is -2.55. The molecule has 4 atom stereocenters. The summed E-state index contributed by atoms with van der Waals surface area (Å²) in [6.45, 7) is -1.02. The number of hydroxylamine groups is 1. The number of thiophene rings is 2. The zero-order chi connectivity index (χ0) is 38.1. The Balaban J connectivity index is 1.04. The molecule has 2 aromatic heterocycles. The third-order valence-electron chi connectivity index (χ3n) is 8.53. The third-order valence-corrected chi connectivity index (χ3v) is 13.0. The minimum Gasteiger partial charge on any atom is -0.477 e. The van der Waals surface area contributed by atoms with Crippen molar-refractivity contribution >= 4 is 87.9 Å². The molecule has 0 aliphatic carbocycles. The third kappa shape index (κ3) is 7.02. The van der Waals surface area contributed by atoms with Gasteiger partial charge in [0, 0.05) is 41.1 Å². The summed E-state index contributed by atoms with van der Waals surface area (Å²) in [5, 5.41) is 27.0. The number of rotatable bonds is 15. The molecular weight excluding hydrogens is 779 g/mol. The number of nitrogens with one attached hydrogen (secondary N) is 3. The number of methoxy groups -OCH3 is 2. The van der Waals surface area contributed by atoms with Gasteiger partial charge >= 0.3 is 18.0 Å². The summed E-state index contributed by atoms with van der Waals surface area (Å²) in [6, 6.07) is 7.10. The normalized spacial score (nSPS) is 24.8. The molecule has 0 spiro atoms. The van der Waals surface area contributed by atoms with Gasteiger partial charge in [0.05, 0.1) is 19.4 Å². The van der Waals surface area contributed by atoms with Gasteiger partial charge in [-0.1, -0.05) is 12.1 Å². The van der Waals surface area contributed by atoms with Crippen LogP contribution in [0.25, 0.3) is 0 Å². The number of amides is 5. The maximum absolute atomic E-state index is 13.3. The Labute approximate surface area is 316 Å². The van der Waals surface area contributed by atoms with Gasteiger partial charge in [0.25, 0.3) is 23.3 Å². The van der Waals surface area contributed by atoms with Gasteiger partial charge in [-0.05, 0) is 28.5 Å². The number of thioether (sulfide) groups is 2. The maximum Gasteiger partial charge on any atom is 0.431 e. The molecule has 2 saturated heterocycles. The molecule has 4 aliphatic heterocycles. The van der Waals surface area contributed by atoms with Gasteiger partial charge in [0.15, 0.2) is 0 Å². The van der Waals surface area contributed by atoms with Gasteiger partial charge in [-0.2, -0.15) is 5.48 Å². The molecule has 2 aromatic rings. The van der Waals surface area contributed by atoms with Crippen LogP contribution < -0.4 is 16.1 Å². The minimum atomic E-state index is -1.79. The number of carboxylic acids is 2. The first kappa shape index (κ1) is 38.3. The van der Waals surface area contributed by atoms with Crippen LogP contribution >= 0.6 is 46.2 Å². The van der Waals surface area contributed by atoms with Crippen LogP contribution in [0.3, 0.4) is 0 Å². The Hall–Kier alpha value is -4.45. The molecule has 53 heavy (non-hydrogen) atoms. The van der Waals surface area contributed by atoms with E-state index in [1.165, 1.54) is 36.9 Å². The number of fused-ring (bicyclic) bond motifs is 2. The monoisotopic (exact) mass is 809 g/mol. The van der Waals surface area contributed by atoms with Gasteiger partial charge in [0.2, 0.25) is 11.8 Å². The fourth-order valence-electron chi connectivity index (χ4n) is 6.12. The number of hydrogen-bond donors (Lipinski definition) is 5. The maximum atomic E-state index is 13.3. The fourth-order valence-corrected chi connectivity index (χ4v) is 10.4. The zero-order valence-electron chi connectivity index (χ0n) is 27.8. The number of nitrogens with zero attached hydrogens (tertiary/aromatic N) is 2. The number of carboxylic acid groups (broad SMARTS) is 2. The van der Waals surface area contributed by atoms with Crippen LogP contribution in [0, 0.1) is 0 Å². The van der Waals surface area contributed by atoms with Crippen molar-refractivity contribution in [2.75, 3.05) is 38.9 Å². The Bertz CT molecular complexity index is 1900. The van der Waals surface area contributed by atoms with Crippen LogP contribution in [0.4, 0.5) is 4.79 Å². The van der Waals surface area contributed by atoms with Crippen molar-refractivity contribution in [2.45, 2.75) is 35.0 Å². The Morgan fingerprint density at radius 2 is 1.23 bits per heavy atom. The second-order valence-electron chi connectivity index (χ2n) is 11.6. The zero-order valence-corrected chi connectivity index (χ0v) is 31.0. The van der Waals surface area contributed by atoms with Crippen molar-refractivity contribution in [1.29, 1.82) is 0 Å². The van der Waals surface area contributed by atoms with Crippen LogP contribution in [0.2, 0.25) is 0 Å². The topological polar surface area (TPSA) is 239 Å². The first-order chi connectivity index (χ1) is 25.4. The number of aliphatic carboxylic acids is 2. The van der Waals surface area contributed by atoms with E-state index in [1.807, 2.05) is 10.9 Å². The predicted molar refractivity (Wildman–Crippen MR) is 188 cm³/mol. The quantitative estimate of drug-likeness (QED) is 0.0945. The summed E-state index contributed by atoms with van der Waals surface area (Å²) in [6.07, 6.45) is -1.14. The Morgan fingerprint density at radius 3 is 1.62 bits per heavy atom. The van der Waals surface area contributed by atoms with Crippen molar-refractivity contribution in [3.8, 4) is 0 Å². The molecule has 6 rings (SSSR count). The van der Waals surface area contributed by atoms with Crippen LogP contribution in [-0.4, -0.2) is 123 Å². The van der Waals surface area contributed by atoms with Crippen molar-refractivity contribution in [2.24, 2.45) is 0 Å². The van der Waals surface area contributed by atoms with E-state index in [9.17, 15) is 43.8 Å². The van der Waals surface area contributed by atoms with E-state index in [-0.39, 0.29) is 35.5 Å². The Morgan fingerprint density at radius 1 is 0.774 bits per heavy atom. The summed E-state index contributed by atoms with van der Waals surface area (Å²) in [5.74, 6) is -5.43. The van der Waals surface area contributed by atoms with E-state index < -0.39 is 88.5 Å². The highest BCUT2D eigenvalue weighted by atomic mass is 32.2. The molecule has 18 nitrogen and oxygen atoms in total. The van der Waals surface area contributed by atoms with Gasteiger partial charge in [-0.25, -0.2) is 14.4 Å². The molecule has 2 fully saturated rings. The van der Waals surface area contributed by atoms with Gasteiger partial charge in [0.1, 0.15) is 28.7 Å². The summed E-state index contributed by atoms with van der Waals surface area (Å²) in [5.41, 5.74) is -2.17. The van der Waals surface area contributed by atoms with Crippen LogP contribution in [0.15, 0.2) is 57.6 Å². The summed E-state index contributed by atoms with van der Waals surface area (Å²) < 4.78 is 16.0. The molecule has 4 aliphatic rings. The molecule has 5 amide bonds. The molecule has 0 radical (unpaired) electrons. The highest BCUT2D eigenvalue weighted by Crippen LogP contribution is 2.48. The smallest absolute Gasteiger partial charge is 0.431 e. The fraction of sp³-hybridized carbons (Fsp3) is 0.387. The molecule has 0 aromatic carbocycles. The number of carbonyl (C=O) groups is 7. The molecule has 0 saturated carbocycles. The SMILES string of the molecule is CO[C@@]1(NC(=O)Cc2cccs2)C(=O)N2C(C(=O)O)=C(COC(=O)NOCC3=C(C(=O)O)N4C(=O)[C@](NC(=O)Cc5cccs5)(OC)[C@H]4SC3)CSC21. The van der Waals surface area contributed by atoms with Gasteiger partial charge in [-0.3, -0.25) is 33.8 Å². The van der Waals surface area contributed by atoms with E-state index in [0.717, 1.165) is 43.1 Å². The van der Waals surface area contributed by atoms with E-state index in [1.54, 1.807) is 29.6 Å². The Kier molecular flexibility index (Phi) is 11.2. The average Bonchev–Trinajstić information content (AvgIpc) is 3.85. The van der Waals surface area contributed by atoms with Gasteiger partial charge < -0.3 is 35.1 Å². The van der Waals surface area contributed by atoms with E-state index >= 15 is 0 Å². The van der Waals surface area contributed by atoms with Gasteiger partial charge in [-0.15, -0.1) is 46.2 Å². The van der Waals surface area contributed by atoms with Crippen LogP contribution in [-0.2, 0) is 60.7 Å². The second kappa shape index (κ2) is 15.5. The highest BCUT2D eigenvalue weighted by molar-refractivity contribution is 8.00. The highest BCUT2D eigenvalue weighted by Gasteiger charge is 2.68. The lowest BCUT2D eigenvalue weighted by molar-refractivity contribution is -0.192. The van der Waals surface area contributed by atoms with Crippen molar-refractivity contribution in [1.82, 2.24) is 25.9 Å². The molecule has 0 bridgehead atoms. The lowest BCUT2D eigenvalue weighted by Crippen LogP contribution is -2.80. The second-order valence-corrected chi connectivity index (χ2v) is 15.8. The summed E-state index contributed by atoms with van der Waals surface area (Å²) in [7, 11) is 2.47. The molecule has 282 valence electrons. The first-order valence-electron chi connectivity index (χ1n) is 15.5. The molecular formula is C31H31N5O13S4. The van der Waals surface area contributed by atoms with Crippen molar-refractivity contribution < 1.29 is 62.8 Å². The summed E-state index contributed by atoms with van der Waals surface area (Å²) >= 11 is 4.96. The lowest BCUT2D eigenvalue weighted by atomic mass is 9.98. The van der Waals surface area contributed by atoms with Crippen molar-refractivity contribution in [3.05, 3.63) is 67.3 Å². The molecule has 5 N–H and O–H groups in total. The largest absolute Gasteiger partial charge is 0.477 e. The standard InChI is InChI=1S/C31H31N5O13S4/c1-46-30(32-19(37)9-17-5-3-7-50-17)25(43)35-21(23(39)40)15(13-52-27(30)35)11-48-29(45)34-49-12-16-14-53-28-31(47-2,26(44)36(28)22(16)24(41)42)33-20(38)10-18-6-4-8-51-18/h3-8,27-28H,9-14H2,1-2H3,(H,32,37)(H,33,38)(H,34,45)(H,39,40)(H,41,42)/t27?,28-,30+,31+/m1/s1. The van der Waals surface area contributed by atoms with E-state index in [2.05, 4.69) is 10.6 Å². The van der Waals surface area contributed by atoms with Crippen LogP contribution in [0.1, 0.15) is 9.75 Å². The van der Waals surface area contributed by atoms with E-state index in [0.29, 0.717) is 0 Å². The number of β-lactam (4-membered cyclic amide) rings is 2.